The largest absolute Gasteiger partial charge is 0.497 e. The molecule has 0 heterocycles. The standard InChI is InChI=1S/C22H15ClN2O4/c1-29-12-8-6-11(7-9-12)22(28)25-16-10-15(23)19(24)18-17(16)20(26)13-4-2-3-5-14(13)21(18)27/h2-10H,24H2,1H3,(H,25,28). The lowest BCUT2D eigenvalue weighted by atomic mass is 9.82. The first-order chi connectivity index (χ1) is 13.9. The number of nitrogen functional groups attached to an aromatic ring is 1. The van der Waals surface area contributed by atoms with Crippen LogP contribution >= 0.6 is 11.6 Å². The Labute approximate surface area is 171 Å². The molecule has 1 aliphatic rings. The van der Waals surface area contributed by atoms with Gasteiger partial charge in [-0.25, -0.2) is 0 Å². The number of hydrogen-bond acceptors (Lipinski definition) is 5. The molecule has 144 valence electrons. The van der Waals surface area contributed by atoms with Gasteiger partial charge in [0.2, 0.25) is 0 Å². The van der Waals surface area contributed by atoms with E-state index >= 15 is 0 Å². The van der Waals surface area contributed by atoms with Crippen LogP contribution in [-0.2, 0) is 0 Å². The van der Waals surface area contributed by atoms with Gasteiger partial charge in [0.1, 0.15) is 5.75 Å². The number of amides is 1. The molecule has 0 radical (unpaired) electrons. The zero-order valence-electron chi connectivity index (χ0n) is 15.3. The maximum Gasteiger partial charge on any atom is 0.255 e. The smallest absolute Gasteiger partial charge is 0.255 e. The summed E-state index contributed by atoms with van der Waals surface area (Å²) >= 11 is 6.20. The number of anilines is 2. The van der Waals surface area contributed by atoms with Crippen molar-refractivity contribution in [2.24, 2.45) is 0 Å². The van der Waals surface area contributed by atoms with Crippen molar-refractivity contribution in [1.82, 2.24) is 0 Å². The minimum absolute atomic E-state index is 0.00577. The molecule has 4 rings (SSSR count). The van der Waals surface area contributed by atoms with Gasteiger partial charge in [0.05, 0.1) is 34.6 Å². The molecule has 0 unspecified atom stereocenters. The van der Waals surface area contributed by atoms with E-state index < -0.39 is 17.5 Å². The van der Waals surface area contributed by atoms with Crippen LogP contribution in [0.2, 0.25) is 5.02 Å². The van der Waals surface area contributed by atoms with Gasteiger partial charge < -0.3 is 15.8 Å². The van der Waals surface area contributed by atoms with Gasteiger partial charge in [-0.05, 0) is 30.3 Å². The van der Waals surface area contributed by atoms with Crippen molar-refractivity contribution < 1.29 is 19.1 Å². The van der Waals surface area contributed by atoms with Crippen molar-refractivity contribution in [3.8, 4) is 5.75 Å². The zero-order valence-corrected chi connectivity index (χ0v) is 16.0. The molecule has 6 nitrogen and oxygen atoms in total. The van der Waals surface area contributed by atoms with Crippen LogP contribution in [0.4, 0.5) is 11.4 Å². The van der Waals surface area contributed by atoms with Gasteiger partial charge in [0.15, 0.2) is 11.6 Å². The Kier molecular flexibility index (Phi) is 4.56. The molecule has 0 saturated carbocycles. The Hall–Kier alpha value is -3.64. The third-order valence-electron chi connectivity index (χ3n) is 4.79. The number of ether oxygens (including phenoxy) is 1. The number of benzene rings is 3. The number of fused-ring (bicyclic) bond motifs is 2. The third-order valence-corrected chi connectivity index (χ3v) is 5.10. The van der Waals surface area contributed by atoms with Crippen molar-refractivity contribution in [2.45, 2.75) is 0 Å². The maximum atomic E-state index is 13.1. The first-order valence-corrected chi connectivity index (χ1v) is 9.06. The minimum Gasteiger partial charge on any atom is -0.497 e. The van der Waals surface area contributed by atoms with E-state index in [0.717, 1.165) is 0 Å². The van der Waals surface area contributed by atoms with Crippen molar-refractivity contribution in [1.29, 1.82) is 0 Å². The van der Waals surface area contributed by atoms with Gasteiger partial charge in [-0.3, -0.25) is 14.4 Å². The summed E-state index contributed by atoms with van der Waals surface area (Å²) in [5.74, 6) is -0.666. The fourth-order valence-corrected chi connectivity index (χ4v) is 3.52. The van der Waals surface area contributed by atoms with Crippen LogP contribution in [0.25, 0.3) is 0 Å². The highest BCUT2D eigenvalue weighted by molar-refractivity contribution is 6.38. The number of methoxy groups -OCH3 is 1. The summed E-state index contributed by atoms with van der Waals surface area (Å²) in [6.45, 7) is 0. The molecule has 0 atom stereocenters. The highest BCUT2D eigenvalue weighted by Gasteiger charge is 2.34. The molecule has 0 aliphatic heterocycles. The summed E-state index contributed by atoms with van der Waals surface area (Å²) in [5, 5.41) is 2.76. The quantitative estimate of drug-likeness (QED) is 0.502. The Morgan fingerprint density at radius 1 is 0.966 bits per heavy atom. The number of nitrogens with two attached hydrogens (primary N) is 1. The Balaban J connectivity index is 1.81. The van der Waals surface area contributed by atoms with E-state index in [0.29, 0.717) is 11.3 Å². The van der Waals surface area contributed by atoms with Crippen LogP contribution in [0.15, 0.2) is 54.6 Å². The van der Waals surface area contributed by atoms with E-state index in [9.17, 15) is 14.4 Å². The second kappa shape index (κ2) is 7.07. The number of ketones is 2. The van der Waals surface area contributed by atoms with E-state index in [-0.39, 0.29) is 38.7 Å². The van der Waals surface area contributed by atoms with Gasteiger partial charge in [-0.1, -0.05) is 35.9 Å². The molecule has 1 aliphatic carbocycles. The van der Waals surface area contributed by atoms with E-state index in [1.54, 1.807) is 48.5 Å². The SMILES string of the molecule is COc1ccc(C(=O)Nc2cc(Cl)c(N)c3c2C(=O)c2ccccc2C3=O)cc1. The van der Waals surface area contributed by atoms with Crippen molar-refractivity contribution in [3.63, 3.8) is 0 Å². The number of hydrogen-bond donors (Lipinski definition) is 2. The molecule has 7 heteroatoms. The first kappa shape index (κ1) is 18.7. The molecule has 3 N–H and O–H groups in total. The molecule has 0 saturated heterocycles. The predicted octanol–water partition coefficient (Wildman–Crippen LogP) is 3.96. The molecule has 0 fully saturated rings. The Morgan fingerprint density at radius 2 is 1.55 bits per heavy atom. The molecular formula is C22H15ClN2O4. The first-order valence-electron chi connectivity index (χ1n) is 8.68. The van der Waals surface area contributed by atoms with Crippen LogP contribution in [0, 0.1) is 0 Å². The second-order valence-corrected chi connectivity index (χ2v) is 6.86. The molecule has 0 aromatic heterocycles. The van der Waals surface area contributed by atoms with Crippen LogP contribution in [0.1, 0.15) is 42.2 Å². The molecular weight excluding hydrogens is 392 g/mol. The van der Waals surface area contributed by atoms with Crippen LogP contribution in [0.5, 0.6) is 5.75 Å². The number of nitrogens with one attached hydrogen (secondary N) is 1. The summed E-state index contributed by atoms with van der Waals surface area (Å²) in [7, 11) is 1.53. The predicted molar refractivity (Wildman–Crippen MR) is 110 cm³/mol. The molecule has 0 spiro atoms. The van der Waals surface area contributed by atoms with Crippen LogP contribution in [0.3, 0.4) is 0 Å². The highest BCUT2D eigenvalue weighted by atomic mass is 35.5. The Bertz CT molecular complexity index is 1190. The molecule has 1 amide bonds. The average Bonchev–Trinajstić information content (AvgIpc) is 2.74. The monoisotopic (exact) mass is 406 g/mol. The maximum absolute atomic E-state index is 13.1. The third kappa shape index (κ3) is 3.03. The lowest BCUT2D eigenvalue weighted by Gasteiger charge is -2.22. The van der Waals surface area contributed by atoms with Crippen molar-refractivity contribution >= 4 is 40.4 Å². The molecule has 3 aromatic rings. The van der Waals surface area contributed by atoms with Gasteiger partial charge in [-0.2, -0.15) is 0 Å². The van der Waals surface area contributed by atoms with Crippen LogP contribution < -0.4 is 15.8 Å². The van der Waals surface area contributed by atoms with Gasteiger partial charge in [0, 0.05) is 16.7 Å². The summed E-state index contributed by atoms with van der Waals surface area (Å²) in [5.41, 5.74) is 7.07. The second-order valence-electron chi connectivity index (χ2n) is 6.46. The van der Waals surface area contributed by atoms with E-state index in [1.165, 1.54) is 13.2 Å². The number of carbonyl (C=O) groups is 3. The van der Waals surface area contributed by atoms with E-state index in [2.05, 4.69) is 5.32 Å². The summed E-state index contributed by atoms with van der Waals surface area (Å²) in [4.78, 5) is 38.8. The lowest BCUT2D eigenvalue weighted by Crippen LogP contribution is -2.25. The van der Waals surface area contributed by atoms with E-state index in [4.69, 9.17) is 22.1 Å². The molecule has 3 aromatic carbocycles. The topological polar surface area (TPSA) is 98.5 Å². The lowest BCUT2D eigenvalue weighted by molar-refractivity contribution is 0.0979. The van der Waals surface area contributed by atoms with Crippen molar-refractivity contribution in [3.05, 3.63) is 87.4 Å². The summed E-state index contributed by atoms with van der Waals surface area (Å²) in [6, 6.07) is 14.3. The Morgan fingerprint density at radius 3 is 2.14 bits per heavy atom. The zero-order chi connectivity index (χ0) is 20.7. The molecule has 0 bridgehead atoms. The fraction of sp³-hybridized carbons (Fsp3) is 0.0455. The minimum atomic E-state index is -0.463. The van der Waals surface area contributed by atoms with E-state index in [1.807, 2.05) is 0 Å². The van der Waals surface area contributed by atoms with Gasteiger partial charge >= 0.3 is 0 Å². The van der Waals surface area contributed by atoms with Crippen molar-refractivity contribution in [2.75, 3.05) is 18.2 Å². The van der Waals surface area contributed by atoms with Crippen LogP contribution in [-0.4, -0.2) is 24.6 Å². The molecule has 29 heavy (non-hydrogen) atoms. The number of halogens is 1. The normalized spacial score (nSPS) is 12.2. The summed E-state index contributed by atoms with van der Waals surface area (Å²) < 4.78 is 5.08. The number of rotatable bonds is 3. The highest BCUT2D eigenvalue weighted by Crippen LogP contribution is 2.39. The van der Waals surface area contributed by atoms with Gasteiger partial charge in [-0.15, -0.1) is 0 Å². The summed E-state index contributed by atoms with van der Waals surface area (Å²) in [6.07, 6.45) is 0. The average molecular weight is 407 g/mol. The number of carbonyl (C=O) groups excluding carboxylic acids is 3. The van der Waals surface area contributed by atoms with Gasteiger partial charge in [0.25, 0.3) is 5.91 Å². The fourth-order valence-electron chi connectivity index (χ4n) is 3.32.